The van der Waals surface area contributed by atoms with E-state index in [0.29, 0.717) is 19.1 Å². The molecule has 8 heteroatoms. The van der Waals surface area contributed by atoms with Gasteiger partial charge in [0.25, 0.3) is 0 Å². The van der Waals surface area contributed by atoms with E-state index in [4.69, 9.17) is 5.73 Å². The van der Waals surface area contributed by atoms with E-state index in [-0.39, 0.29) is 11.6 Å². The SMILES string of the molecule is Nc1cc(N2CCCN3CCCC3C2)nc(C(F)(F)F)n1. The summed E-state index contributed by atoms with van der Waals surface area (Å²) < 4.78 is 38.4. The summed E-state index contributed by atoms with van der Waals surface area (Å²) in [5.41, 5.74) is 5.52. The fourth-order valence-electron chi connectivity index (χ4n) is 3.16. The lowest BCUT2D eigenvalue weighted by Crippen LogP contribution is -2.37. The van der Waals surface area contributed by atoms with Gasteiger partial charge in [-0.15, -0.1) is 0 Å². The lowest BCUT2D eigenvalue weighted by molar-refractivity contribution is -0.144. The summed E-state index contributed by atoms with van der Waals surface area (Å²) in [4.78, 5) is 11.3. The number of hydrogen-bond donors (Lipinski definition) is 1. The minimum absolute atomic E-state index is 0.139. The van der Waals surface area contributed by atoms with Crippen molar-refractivity contribution >= 4 is 11.6 Å². The third kappa shape index (κ3) is 3.04. The van der Waals surface area contributed by atoms with Crippen molar-refractivity contribution in [1.29, 1.82) is 0 Å². The molecule has 1 aromatic heterocycles. The lowest BCUT2D eigenvalue weighted by atomic mass is 10.2. The number of anilines is 2. The van der Waals surface area contributed by atoms with Crippen LogP contribution in [0.15, 0.2) is 6.07 Å². The topological polar surface area (TPSA) is 58.3 Å². The molecule has 1 aromatic rings. The van der Waals surface area contributed by atoms with Crippen molar-refractivity contribution in [2.75, 3.05) is 36.8 Å². The number of fused-ring (bicyclic) bond motifs is 1. The second-order valence-electron chi connectivity index (χ2n) is 5.60. The van der Waals surface area contributed by atoms with Crippen LogP contribution in [0.4, 0.5) is 24.8 Å². The summed E-state index contributed by atoms with van der Waals surface area (Å²) in [7, 11) is 0. The number of nitrogens with zero attached hydrogens (tertiary/aromatic N) is 4. The first-order chi connectivity index (χ1) is 9.93. The highest BCUT2D eigenvalue weighted by Crippen LogP contribution is 2.30. The monoisotopic (exact) mass is 301 g/mol. The van der Waals surface area contributed by atoms with Crippen molar-refractivity contribution in [2.45, 2.75) is 31.5 Å². The van der Waals surface area contributed by atoms with Crippen LogP contribution in [-0.4, -0.2) is 47.1 Å². The predicted molar refractivity (Wildman–Crippen MR) is 72.9 cm³/mol. The molecule has 5 nitrogen and oxygen atoms in total. The van der Waals surface area contributed by atoms with Crippen LogP contribution in [-0.2, 0) is 6.18 Å². The number of alkyl halides is 3. The van der Waals surface area contributed by atoms with Gasteiger partial charge in [-0.25, -0.2) is 9.97 Å². The molecule has 1 atom stereocenters. The van der Waals surface area contributed by atoms with Gasteiger partial charge in [0.15, 0.2) is 0 Å². The summed E-state index contributed by atoms with van der Waals surface area (Å²) in [6, 6.07) is 1.83. The fourth-order valence-corrected chi connectivity index (χ4v) is 3.16. The van der Waals surface area contributed by atoms with Crippen molar-refractivity contribution in [3.63, 3.8) is 0 Å². The molecule has 0 radical (unpaired) electrons. The zero-order valence-corrected chi connectivity index (χ0v) is 11.6. The standard InChI is InChI=1S/C13H18F3N5/c14-13(15,16)12-18-10(17)7-11(19-12)21-6-2-5-20-4-1-3-9(20)8-21/h7,9H,1-6,8H2,(H2,17,18,19). The maximum Gasteiger partial charge on any atom is 0.451 e. The normalized spacial score (nSPS) is 24.0. The molecule has 0 aliphatic carbocycles. The van der Waals surface area contributed by atoms with Gasteiger partial charge in [0.2, 0.25) is 5.82 Å². The summed E-state index contributed by atoms with van der Waals surface area (Å²) in [5.74, 6) is -1.02. The Labute approximate surface area is 120 Å². The molecule has 2 aliphatic rings. The molecule has 0 bridgehead atoms. The minimum atomic E-state index is -4.57. The fraction of sp³-hybridized carbons (Fsp3) is 0.692. The van der Waals surface area contributed by atoms with Crippen LogP contribution in [0.2, 0.25) is 0 Å². The van der Waals surface area contributed by atoms with Gasteiger partial charge in [-0.2, -0.15) is 13.2 Å². The van der Waals surface area contributed by atoms with E-state index in [0.717, 1.165) is 32.4 Å². The lowest BCUT2D eigenvalue weighted by Gasteiger charge is -2.26. The van der Waals surface area contributed by atoms with Crippen molar-refractivity contribution in [1.82, 2.24) is 14.9 Å². The maximum atomic E-state index is 12.8. The molecule has 3 heterocycles. The number of nitrogen functional groups attached to an aromatic ring is 1. The first kappa shape index (κ1) is 14.4. The first-order valence-electron chi connectivity index (χ1n) is 7.14. The van der Waals surface area contributed by atoms with Gasteiger partial charge in [0.1, 0.15) is 11.6 Å². The van der Waals surface area contributed by atoms with Crippen LogP contribution in [0.1, 0.15) is 25.1 Å². The molecule has 2 saturated heterocycles. The van der Waals surface area contributed by atoms with Gasteiger partial charge < -0.3 is 10.6 Å². The molecule has 21 heavy (non-hydrogen) atoms. The van der Waals surface area contributed by atoms with E-state index >= 15 is 0 Å². The molecule has 0 spiro atoms. The highest BCUT2D eigenvalue weighted by Gasteiger charge is 2.36. The Hall–Kier alpha value is -1.57. The predicted octanol–water partition coefficient (Wildman–Crippen LogP) is 1.75. The molecule has 0 amide bonds. The number of aromatic nitrogens is 2. The van der Waals surface area contributed by atoms with E-state index in [1.54, 1.807) is 0 Å². The Morgan fingerprint density at radius 3 is 2.67 bits per heavy atom. The Balaban J connectivity index is 1.87. The first-order valence-corrected chi connectivity index (χ1v) is 7.14. The van der Waals surface area contributed by atoms with Gasteiger partial charge in [0.05, 0.1) is 0 Å². The molecular weight excluding hydrogens is 283 g/mol. The Morgan fingerprint density at radius 1 is 1.14 bits per heavy atom. The van der Waals surface area contributed by atoms with E-state index < -0.39 is 12.0 Å². The zero-order valence-electron chi connectivity index (χ0n) is 11.6. The quantitative estimate of drug-likeness (QED) is 0.856. The number of hydrogen-bond acceptors (Lipinski definition) is 5. The third-order valence-electron chi connectivity index (χ3n) is 4.11. The van der Waals surface area contributed by atoms with Gasteiger partial charge in [-0.1, -0.05) is 0 Å². The molecular formula is C13H18F3N5. The van der Waals surface area contributed by atoms with E-state index in [1.165, 1.54) is 6.07 Å². The molecule has 0 saturated carbocycles. The average molecular weight is 301 g/mol. The molecule has 2 N–H and O–H groups in total. The number of halogens is 3. The molecule has 3 rings (SSSR count). The highest BCUT2D eigenvalue weighted by atomic mass is 19.4. The second kappa shape index (κ2) is 5.32. The number of nitrogens with two attached hydrogens (primary N) is 1. The van der Waals surface area contributed by atoms with Gasteiger partial charge in [-0.3, -0.25) is 4.90 Å². The Morgan fingerprint density at radius 2 is 1.90 bits per heavy atom. The van der Waals surface area contributed by atoms with Crippen LogP contribution < -0.4 is 10.6 Å². The summed E-state index contributed by atoms with van der Waals surface area (Å²) in [6.07, 6.45) is -1.42. The zero-order chi connectivity index (χ0) is 15.0. The third-order valence-corrected chi connectivity index (χ3v) is 4.11. The van der Waals surface area contributed by atoms with Crippen molar-refractivity contribution in [3.05, 3.63) is 11.9 Å². The van der Waals surface area contributed by atoms with E-state index in [2.05, 4.69) is 14.9 Å². The van der Waals surface area contributed by atoms with Crippen LogP contribution >= 0.6 is 0 Å². The summed E-state index contributed by atoms with van der Waals surface area (Å²) in [5, 5.41) is 0. The highest BCUT2D eigenvalue weighted by molar-refractivity contribution is 5.47. The maximum absolute atomic E-state index is 12.8. The smallest absolute Gasteiger partial charge is 0.384 e. The van der Waals surface area contributed by atoms with Crippen molar-refractivity contribution < 1.29 is 13.2 Å². The largest absolute Gasteiger partial charge is 0.451 e. The molecule has 1 unspecified atom stereocenters. The molecule has 0 aromatic carbocycles. The Kier molecular flexibility index (Phi) is 3.64. The van der Waals surface area contributed by atoms with Crippen LogP contribution in [0.5, 0.6) is 0 Å². The molecule has 2 fully saturated rings. The van der Waals surface area contributed by atoms with Crippen LogP contribution in [0.25, 0.3) is 0 Å². The number of rotatable bonds is 1. The van der Waals surface area contributed by atoms with Gasteiger partial charge >= 0.3 is 6.18 Å². The summed E-state index contributed by atoms with van der Waals surface area (Å²) in [6.45, 7) is 3.47. The van der Waals surface area contributed by atoms with Gasteiger partial charge in [-0.05, 0) is 25.8 Å². The van der Waals surface area contributed by atoms with E-state index in [9.17, 15) is 13.2 Å². The average Bonchev–Trinajstić information content (AvgIpc) is 2.74. The van der Waals surface area contributed by atoms with Gasteiger partial charge in [0, 0.05) is 31.7 Å². The molecule has 2 aliphatic heterocycles. The van der Waals surface area contributed by atoms with Crippen molar-refractivity contribution in [2.24, 2.45) is 0 Å². The summed E-state index contributed by atoms with van der Waals surface area (Å²) >= 11 is 0. The van der Waals surface area contributed by atoms with Crippen molar-refractivity contribution in [3.8, 4) is 0 Å². The van der Waals surface area contributed by atoms with Crippen LogP contribution in [0.3, 0.4) is 0 Å². The minimum Gasteiger partial charge on any atom is -0.384 e. The second-order valence-corrected chi connectivity index (χ2v) is 5.60. The molecule has 116 valence electrons. The van der Waals surface area contributed by atoms with Crippen LogP contribution in [0, 0.1) is 0 Å². The van der Waals surface area contributed by atoms with E-state index in [1.807, 2.05) is 4.90 Å². The Bertz CT molecular complexity index is 519.